The number of hydrogen-bond acceptors (Lipinski definition) is 3. The Bertz CT molecular complexity index is 620. The maximum atomic E-state index is 6.42. The number of rotatable bonds is 9. The molecule has 1 fully saturated rings. The molecule has 1 N–H and O–H groups in total. The molecule has 0 spiro atoms. The lowest BCUT2D eigenvalue weighted by Gasteiger charge is -2.35. The number of aliphatic imine (C=N–C) groups is 1. The monoisotopic (exact) mass is 537 g/mol. The Kier molecular flexibility index (Phi) is 12.5. The predicted octanol–water partition coefficient (Wildman–Crippen LogP) is 4.72. The second-order valence-corrected chi connectivity index (χ2v) is 8.34. The van der Waals surface area contributed by atoms with E-state index >= 15 is 0 Å². The van der Waals surface area contributed by atoms with Crippen molar-refractivity contribution >= 4 is 41.5 Å². The van der Waals surface area contributed by atoms with Crippen molar-refractivity contribution in [1.29, 1.82) is 0 Å². The molecular formula is C22H37ClIN3O2. The summed E-state index contributed by atoms with van der Waals surface area (Å²) in [5.74, 6) is 0.987. The summed E-state index contributed by atoms with van der Waals surface area (Å²) in [7, 11) is 1.73. The highest BCUT2D eigenvalue weighted by Gasteiger charge is 2.25. The number of nitrogens with one attached hydrogen (secondary N) is 1. The quantitative estimate of drug-likeness (QED) is 0.214. The van der Waals surface area contributed by atoms with Crippen LogP contribution < -0.4 is 5.32 Å². The van der Waals surface area contributed by atoms with Gasteiger partial charge in [-0.05, 0) is 37.8 Å². The van der Waals surface area contributed by atoms with Gasteiger partial charge in [0, 0.05) is 50.4 Å². The van der Waals surface area contributed by atoms with E-state index in [4.69, 9.17) is 26.1 Å². The molecule has 1 aliphatic rings. The number of piperidine rings is 1. The molecule has 7 heteroatoms. The van der Waals surface area contributed by atoms with Crippen molar-refractivity contribution in [1.82, 2.24) is 10.2 Å². The highest BCUT2D eigenvalue weighted by atomic mass is 127. The van der Waals surface area contributed by atoms with Gasteiger partial charge in [-0.25, -0.2) is 0 Å². The zero-order valence-corrected chi connectivity index (χ0v) is 21.3. The highest BCUT2D eigenvalue weighted by Crippen LogP contribution is 2.30. The largest absolute Gasteiger partial charge is 0.385 e. The summed E-state index contributed by atoms with van der Waals surface area (Å²) in [5, 5.41) is 4.26. The van der Waals surface area contributed by atoms with E-state index in [1.54, 1.807) is 7.11 Å². The van der Waals surface area contributed by atoms with Crippen molar-refractivity contribution in [2.75, 3.05) is 46.5 Å². The smallest absolute Gasteiger partial charge is 0.193 e. The van der Waals surface area contributed by atoms with Gasteiger partial charge >= 0.3 is 0 Å². The summed E-state index contributed by atoms with van der Waals surface area (Å²) in [5.41, 5.74) is 1.02. The molecule has 0 aliphatic carbocycles. The molecular weight excluding hydrogens is 501 g/mol. The van der Waals surface area contributed by atoms with Crippen LogP contribution in [0.5, 0.6) is 0 Å². The van der Waals surface area contributed by atoms with Crippen LogP contribution in [0, 0.1) is 0 Å². The van der Waals surface area contributed by atoms with Crippen molar-refractivity contribution in [3.05, 3.63) is 34.9 Å². The third kappa shape index (κ3) is 8.59. The summed E-state index contributed by atoms with van der Waals surface area (Å²) in [6.07, 6.45) is 3.37. The molecule has 0 unspecified atom stereocenters. The Morgan fingerprint density at radius 3 is 2.55 bits per heavy atom. The fourth-order valence-electron chi connectivity index (χ4n) is 3.48. The Morgan fingerprint density at radius 1 is 1.24 bits per heavy atom. The standard InChI is InChI=1S/C22H36ClN3O2.HI/c1-5-24-21(25-17-22(2,3)19-9-6-7-10-20(19)23)26-13-11-18(12-14-26)28-16-8-15-27-4;/h6-7,9-10,18H,5,8,11-17H2,1-4H3,(H,24,25);1H. The van der Waals surface area contributed by atoms with Crippen LogP contribution in [0.3, 0.4) is 0 Å². The first-order valence-corrected chi connectivity index (χ1v) is 10.7. The van der Waals surface area contributed by atoms with Crippen LogP contribution in [0.1, 0.15) is 45.6 Å². The molecule has 29 heavy (non-hydrogen) atoms. The van der Waals surface area contributed by atoms with Gasteiger partial charge in [0.05, 0.1) is 12.6 Å². The average Bonchev–Trinajstić information content (AvgIpc) is 2.69. The van der Waals surface area contributed by atoms with Gasteiger partial charge in [-0.3, -0.25) is 4.99 Å². The van der Waals surface area contributed by atoms with Gasteiger partial charge in [-0.15, -0.1) is 24.0 Å². The molecule has 5 nitrogen and oxygen atoms in total. The summed E-state index contributed by atoms with van der Waals surface area (Å²) >= 11 is 6.42. The van der Waals surface area contributed by atoms with Gasteiger partial charge < -0.3 is 19.7 Å². The van der Waals surface area contributed by atoms with Gasteiger partial charge in [0.25, 0.3) is 0 Å². The minimum atomic E-state index is -0.123. The molecule has 0 amide bonds. The fourth-order valence-corrected chi connectivity index (χ4v) is 3.87. The van der Waals surface area contributed by atoms with E-state index in [9.17, 15) is 0 Å². The van der Waals surface area contributed by atoms with Crippen LogP contribution >= 0.6 is 35.6 Å². The molecule has 0 radical (unpaired) electrons. The van der Waals surface area contributed by atoms with Crippen LogP contribution in [0.25, 0.3) is 0 Å². The minimum absolute atomic E-state index is 0. The maximum absolute atomic E-state index is 6.42. The number of halogens is 2. The van der Waals surface area contributed by atoms with Gasteiger partial charge in [0.1, 0.15) is 0 Å². The number of nitrogens with zero attached hydrogens (tertiary/aromatic N) is 2. The second kappa shape index (κ2) is 13.7. The van der Waals surface area contributed by atoms with E-state index in [0.717, 1.165) is 68.7 Å². The number of hydrogen-bond donors (Lipinski definition) is 1. The molecule has 1 heterocycles. The van der Waals surface area contributed by atoms with Crippen molar-refractivity contribution in [2.45, 2.75) is 51.6 Å². The van der Waals surface area contributed by atoms with Crippen molar-refractivity contribution in [3.8, 4) is 0 Å². The molecule has 1 aromatic rings. The predicted molar refractivity (Wildman–Crippen MR) is 133 cm³/mol. The summed E-state index contributed by atoms with van der Waals surface area (Å²) in [6, 6.07) is 8.05. The third-order valence-corrected chi connectivity index (χ3v) is 5.48. The van der Waals surface area contributed by atoms with Gasteiger partial charge in [0.2, 0.25) is 0 Å². The number of guanidine groups is 1. The maximum Gasteiger partial charge on any atom is 0.193 e. The van der Waals surface area contributed by atoms with Crippen LogP contribution in [-0.2, 0) is 14.9 Å². The van der Waals surface area contributed by atoms with Crippen LogP contribution in [-0.4, -0.2) is 63.5 Å². The summed E-state index contributed by atoms with van der Waals surface area (Å²) < 4.78 is 11.1. The molecule has 1 aromatic carbocycles. The number of likely N-dealkylation sites (tertiary alicyclic amines) is 1. The molecule has 0 saturated carbocycles. The Morgan fingerprint density at radius 2 is 1.93 bits per heavy atom. The zero-order chi connectivity index (χ0) is 20.4. The van der Waals surface area contributed by atoms with Gasteiger partial charge in [0.15, 0.2) is 5.96 Å². The lowest BCUT2D eigenvalue weighted by atomic mass is 9.85. The second-order valence-electron chi connectivity index (χ2n) is 7.94. The van der Waals surface area contributed by atoms with Gasteiger partial charge in [-0.2, -0.15) is 0 Å². The van der Waals surface area contributed by atoms with E-state index in [0.29, 0.717) is 12.6 Å². The topological polar surface area (TPSA) is 46.1 Å². The molecule has 0 bridgehead atoms. The number of methoxy groups -OCH3 is 1. The Hall–Kier alpha value is -0.570. The van der Waals surface area contributed by atoms with Crippen LogP contribution in [0.15, 0.2) is 29.3 Å². The van der Waals surface area contributed by atoms with Crippen molar-refractivity contribution in [2.24, 2.45) is 4.99 Å². The first-order chi connectivity index (χ1) is 13.5. The van der Waals surface area contributed by atoms with Crippen molar-refractivity contribution < 1.29 is 9.47 Å². The lowest BCUT2D eigenvalue weighted by Crippen LogP contribution is -2.47. The van der Waals surface area contributed by atoms with Crippen LogP contribution in [0.2, 0.25) is 5.02 Å². The SMILES string of the molecule is CCNC(=NCC(C)(C)c1ccccc1Cl)N1CCC(OCCCOC)CC1.I. The van der Waals surface area contributed by atoms with Gasteiger partial charge in [-0.1, -0.05) is 43.6 Å². The highest BCUT2D eigenvalue weighted by molar-refractivity contribution is 14.0. The first kappa shape index (κ1) is 26.5. The lowest BCUT2D eigenvalue weighted by molar-refractivity contribution is 0.00989. The minimum Gasteiger partial charge on any atom is -0.385 e. The summed E-state index contributed by atoms with van der Waals surface area (Å²) in [6.45, 7) is 11.5. The van der Waals surface area contributed by atoms with E-state index < -0.39 is 0 Å². The number of benzene rings is 1. The van der Waals surface area contributed by atoms with E-state index in [-0.39, 0.29) is 29.4 Å². The fraction of sp³-hybridized carbons (Fsp3) is 0.682. The molecule has 166 valence electrons. The Labute approximate surface area is 198 Å². The van der Waals surface area contributed by atoms with E-state index in [1.165, 1.54) is 0 Å². The van der Waals surface area contributed by atoms with E-state index in [2.05, 4.69) is 37.1 Å². The molecule has 0 aromatic heterocycles. The Balaban J connectivity index is 0.00000420. The summed E-state index contributed by atoms with van der Waals surface area (Å²) in [4.78, 5) is 7.30. The normalized spacial score (nSPS) is 15.9. The molecule has 2 rings (SSSR count). The number of ether oxygens (including phenoxy) is 2. The van der Waals surface area contributed by atoms with E-state index in [1.807, 2.05) is 18.2 Å². The molecule has 0 atom stereocenters. The van der Waals surface area contributed by atoms with Crippen LogP contribution in [0.4, 0.5) is 0 Å². The third-order valence-electron chi connectivity index (χ3n) is 5.15. The zero-order valence-electron chi connectivity index (χ0n) is 18.2. The van der Waals surface area contributed by atoms with Crippen molar-refractivity contribution in [3.63, 3.8) is 0 Å². The molecule has 1 aliphatic heterocycles. The first-order valence-electron chi connectivity index (χ1n) is 10.4. The average molecular weight is 538 g/mol. The molecule has 1 saturated heterocycles.